The fraction of sp³-hybridized carbons (Fsp3) is 0.429. The summed E-state index contributed by atoms with van der Waals surface area (Å²) in [4.78, 5) is 31.6. The second-order valence-corrected chi connectivity index (χ2v) is 8.54. The second kappa shape index (κ2) is 8.32. The van der Waals surface area contributed by atoms with Crippen LogP contribution in [0.4, 0.5) is 5.13 Å². The van der Waals surface area contributed by atoms with Crippen LogP contribution in [0, 0.1) is 5.92 Å². The molecule has 4 rings (SSSR count). The molecule has 8 heteroatoms. The number of hydrogen-bond acceptors (Lipinski definition) is 6. The Morgan fingerprint density at radius 1 is 1.28 bits per heavy atom. The zero-order valence-corrected chi connectivity index (χ0v) is 17.5. The number of aryl methyl sites for hydroxylation is 1. The Morgan fingerprint density at radius 2 is 2.03 bits per heavy atom. The van der Waals surface area contributed by atoms with Gasteiger partial charge in [0.2, 0.25) is 10.1 Å². The molecule has 3 aromatic rings. The lowest BCUT2D eigenvalue weighted by molar-refractivity contribution is 0.0943. The lowest BCUT2D eigenvalue weighted by Crippen LogP contribution is -2.34. The highest BCUT2D eigenvalue weighted by atomic mass is 32.1. The minimum absolute atomic E-state index is 0.220. The van der Waals surface area contributed by atoms with Crippen LogP contribution in [0.25, 0.3) is 4.96 Å². The molecule has 152 valence electrons. The second-order valence-electron chi connectivity index (χ2n) is 7.60. The number of benzene rings is 1. The molecule has 0 radical (unpaired) electrons. The number of nitrogens with one attached hydrogen (secondary N) is 1. The molecule has 29 heavy (non-hydrogen) atoms. The predicted molar refractivity (Wildman–Crippen MR) is 115 cm³/mol. The summed E-state index contributed by atoms with van der Waals surface area (Å²) in [5, 5.41) is 8.31. The van der Waals surface area contributed by atoms with Crippen LogP contribution in [0.5, 0.6) is 0 Å². The number of rotatable bonds is 5. The van der Waals surface area contributed by atoms with Gasteiger partial charge in [0.15, 0.2) is 0 Å². The third kappa shape index (κ3) is 4.32. The van der Waals surface area contributed by atoms with E-state index in [4.69, 9.17) is 0 Å². The van der Waals surface area contributed by atoms with Crippen molar-refractivity contribution in [1.82, 2.24) is 19.9 Å². The molecule has 0 aliphatic carbocycles. The van der Waals surface area contributed by atoms with Gasteiger partial charge in [-0.25, -0.2) is 0 Å². The molecule has 1 aliphatic rings. The van der Waals surface area contributed by atoms with E-state index in [1.807, 2.05) is 12.1 Å². The van der Waals surface area contributed by atoms with Crippen LogP contribution < -0.4 is 15.8 Å². The van der Waals surface area contributed by atoms with Crippen molar-refractivity contribution in [1.29, 1.82) is 0 Å². The van der Waals surface area contributed by atoms with Crippen LogP contribution in [0.3, 0.4) is 0 Å². The molecule has 1 amide bonds. The Hall–Kier alpha value is -2.74. The molecule has 0 saturated carbocycles. The standard InChI is InChI=1S/C21H25N5O2S/c1-3-15-6-8-16(9-7-15)12-22-19(28)17-11-18(27)23-20-26(17)24-21(29-20)25-10-4-5-14(2)13-25/h6-9,11,14H,3-5,10,12-13H2,1-2H3,(H,22,28)/t14-/m1/s1. The number of carbonyl (C=O) groups excluding carboxylic acids is 1. The van der Waals surface area contributed by atoms with Gasteiger partial charge in [0.1, 0.15) is 5.69 Å². The molecule has 0 bridgehead atoms. The van der Waals surface area contributed by atoms with Crippen LogP contribution in [0.2, 0.25) is 0 Å². The van der Waals surface area contributed by atoms with Gasteiger partial charge >= 0.3 is 0 Å². The molecule has 2 aromatic heterocycles. The van der Waals surface area contributed by atoms with Crippen molar-refractivity contribution in [2.45, 2.75) is 39.7 Å². The molecule has 1 aliphatic heterocycles. The molecule has 3 heterocycles. The van der Waals surface area contributed by atoms with E-state index in [1.165, 1.54) is 33.9 Å². The van der Waals surface area contributed by atoms with E-state index in [9.17, 15) is 9.59 Å². The van der Waals surface area contributed by atoms with Crippen LogP contribution >= 0.6 is 11.3 Å². The van der Waals surface area contributed by atoms with Crippen LogP contribution in [0.15, 0.2) is 35.1 Å². The van der Waals surface area contributed by atoms with E-state index in [2.05, 4.69) is 46.3 Å². The average Bonchev–Trinajstić information content (AvgIpc) is 3.15. The van der Waals surface area contributed by atoms with Gasteiger partial charge in [0.05, 0.1) is 0 Å². The summed E-state index contributed by atoms with van der Waals surface area (Å²) in [6.07, 6.45) is 3.31. The van der Waals surface area contributed by atoms with Gasteiger partial charge in [-0.3, -0.25) is 9.59 Å². The van der Waals surface area contributed by atoms with E-state index >= 15 is 0 Å². The summed E-state index contributed by atoms with van der Waals surface area (Å²) in [7, 11) is 0. The van der Waals surface area contributed by atoms with Crippen molar-refractivity contribution in [3.63, 3.8) is 0 Å². The van der Waals surface area contributed by atoms with Crippen molar-refractivity contribution in [2.75, 3.05) is 18.0 Å². The van der Waals surface area contributed by atoms with E-state index in [0.717, 1.165) is 36.6 Å². The van der Waals surface area contributed by atoms with E-state index in [0.29, 0.717) is 17.4 Å². The number of amides is 1. The predicted octanol–water partition coefficient (Wildman–Crippen LogP) is 2.88. The maximum absolute atomic E-state index is 12.8. The summed E-state index contributed by atoms with van der Waals surface area (Å²) in [6, 6.07) is 9.38. The minimum atomic E-state index is -0.426. The number of aromatic nitrogens is 3. The topological polar surface area (TPSA) is 79.6 Å². The van der Waals surface area contributed by atoms with Crippen LogP contribution in [0.1, 0.15) is 48.3 Å². The van der Waals surface area contributed by atoms with Gasteiger partial charge in [-0.15, -0.1) is 5.10 Å². The molecular formula is C21H25N5O2S. The largest absolute Gasteiger partial charge is 0.347 e. The van der Waals surface area contributed by atoms with Gasteiger partial charge in [-0.1, -0.05) is 49.4 Å². The first-order valence-corrected chi connectivity index (χ1v) is 10.9. The fourth-order valence-corrected chi connectivity index (χ4v) is 4.57. The van der Waals surface area contributed by atoms with Crippen molar-refractivity contribution < 1.29 is 4.79 Å². The van der Waals surface area contributed by atoms with E-state index in [1.54, 1.807) is 0 Å². The number of piperidine rings is 1. The zero-order valence-electron chi connectivity index (χ0n) is 16.7. The molecule has 0 unspecified atom stereocenters. The average molecular weight is 412 g/mol. The Kier molecular flexibility index (Phi) is 5.62. The Labute approximate surface area is 173 Å². The van der Waals surface area contributed by atoms with Crippen molar-refractivity contribution in [2.24, 2.45) is 5.92 Å². The van der Waals surface area contributed by atoms with Crippen molar-refractivity contribution in [3.8, 4) is 0 Å². The number of hydrogen-bond donors (Lipinski definition) is 1. The van der Waals surface area contributed by atoms with E-state index in [-0.39, 0.29) is 11.6 Å². The lowest BCUT2D eigenvalue weighted by atomic mass is 10.0. The molecule has 1 aromatic carbocycles. The van der Waals surface area contributed by atoms with Gasteiger partial charge < -0.3 is 10.2 Å². The number of fused-ring (bicyclic) bond motifs is 1. The summed E-state index contributed by atoms with van der Waals surface area (Å²) >= 11 is 1.36. The van der Waals surface area contributed by atoms with Crippen LogP contribution in [-0.2, 0) is 13.0 Å². The highest BCUT2D eigenvalue weighted by Gasteiger charge is 2.22. The maximum Gasteiger partial charge on any atom is 0.274 e. The first kappa shape index (κ1) is 19.6. The summed E-state index contributed by atoms with van der Waals surface area (Å²) in [5.74, 6) is 0.272. The number of anilines is 1. The Balaban J connectivity index is 1.56. The van der Waals surface area contributed by atoms with Crippen molar-refractivity contribution in [3.05, 3.63) is 57.5 Å². The first-order valence-electron chi connectivity index (χ1n) is 10.1. The minimum Gasteiger partial charge on any atom is -0.347 e. The molecule has 0 spiro atoms. The quantitative estimate of drug-likeness (QED) is 0.698. The third-order valence-corrected chi connectivity index (χ3v) is 6.26. The molecule has 7 nitrogen and oxygen atoms in total. The van der Waals surface area contributed by atoms with E-state index < -0.39 is 5.56 Å². The number of carbonyl (C=O) groups is 1. The fourth-order valence-electron chi connectivity index (χ4n) is 3.62. The summed E-state index contributed by atoms with van der Waals surface area (Å²) in [6.45, 7) is 6.59. The molecule has 1 atom stereocenters. The van der Waals surface area contributed by atoms with Gasteiger partial charge in [-0.2, -0.15) is 9.50 Å². The Morgan fingerprint density at radius 3 is 2.76 bits per heavy atom. The summed E-state index contributed by atoms with van der Waals surface area (Å²) < 4.78 is 1.50. The van der Waals surface area contributed by atoms with Crippen LogP contribution in [-0.4, -0.2) is 33.6 Å². The third-order valence-electron chi connectivity index (χ3n) is 5.29. The Bertz CT molecular complexity index is 1070. The SMILES string of the molecule is CCc1ccc(CNC(=O)c2cc(=O)nc3sc(N4CCC[C@@H](C)C4)nn23)cc1. The van der Waals surface area contributed by atoms with Gasteiger partial charge in [-0.05, 0) is 36.3 Å². The summed E-state index contributed by atoms with van der Waals surface area (Å²) in [5.41, 5.74) is 2.06. The zero-order chi connectivity index (χ0) is 20.4. The lowest BCUT2D eigenvalue weighted by Gasteiger charge is -2.30. The first-order chi connectivity index (χ1) is 14.0. The number of nitrogens with zero attached hydrogens (tertiary/aromatic N) is 4. The highest BCUT2D eigenvalue weighted by Crippen LogP contribution is 2.27. The van der Waals surface area contributed by atoms with Gasteiger partial charge in [0, 0.05) is 25.7 Å². The normalized spacial score (nSPS) is 16.9. The smallest absolute Gasteiger partial charge is 0.274 e. The van der Waals surface area contributed by atoms with Crippen molar-refractivity contribution >= 4 is 27.3 Å². The van der Waals surface area contributed by atoms with Gasteiger partial charge in [0.25, 0.3) is 11.5 Å². The maximum atomic E-state index is 12.8. The molecule has 1 fully saturated rings. The molecule has 1 saturated heterocycles. The molecule has 1 N–H and O–H groups in total. The molecular weight excluding hydrogens is 386 g/mol. The highest BCUT2D eigenvalue weighted by molar-refractivity contribution is 7.20. The monoisotopic (exact) mass is 411 g/mol.